The molecule has 0 aliphatic carbocycles. The fourth-order valence-electron chi connectivity index (χ4n) is 0.553. The summed E-state index contributed by atoms with van der Waals surface area (Å²) in [5, 5.41) is 8.95. The van der Waals surface area contributed by atoms with Crippen molar-refractivity contribution in [1.29, 1.82) is 5.41 Å². The molecular formula is C8H15N3O2. The van der Waals surface area contributed by atoms with Crippen LogP contribution in [-0.4, -0.2) is 17.9 Å². The molecule has 0 aromatic heterocycles. The lowest BCUT2D eigenvalue weighted by atomic mass is 10.2. The molecule has 0 bridgehead atoms. The fourth-order valence-corrected chi connectivity index (χ4v) is 0.553. The number of carbonyl (C=O) groups is 1. The largest absolute Gasteiger partial charge is 0.444 e. The Morgan fingerprint density at radius 2 is 2.08 bits per heavy atom. The first-order chi connectivity index (χ1) is 5.85. The summed E-state index contributed by atoms with van der Waals surface area (Å²) in [6, 6.07) is 0. The average Bonchev–Trinajstić information content (AvgIpc) is 1.81. The van der Waals surface area contributed by atoms with Crippen molar-refractivity contribution in [3.8, 4) is 0 Å². The van der Waals surface area contributed by atoms with E-state index in [4.69, 9.17) is 15.9 Å². The molecule has 0 rings (SSSR count). The van der Waals surface area contributed by atoms with Crippen LogP contribution < -0.4 is 11.1 Å². The van der Waals surface area contributed by atoms with E-state index < -0.39 is 11.7 Å². The summed E-state index contributed by atoms with van der Waals surface area (Å²) in [6.07, 6.45) is 1.61. The molecule has 0 heterocycles. The highest BCUT2D eigenvalue weighted by Gasteiger charge is 2.15. The summed E-state index contributed by atoms with van der Waals surface area (Å²) in [6.45, 7) is 5.26. The topological polar surface area (TPSA) is 88.2 Å². The Kier molecular flexibility index (Phi) is 3.97. The molecule has 0 aliphatic heterocycles. The third-order valence-corrected chi connectivity index (χ3v) is 0.908. The second-order valence-electron chi connectivity index (χ2n) is 3.42. The van der Waals surface area contributed by atoms with E-state index in [1.807, 2.05) is 0 Å². The number of hydrogen-bond acceptors (Lipinski definition) is 4. The van der Waals surface area contributed by atoms with Gasteiger partial charge in [-0.1, -0.05) is 0 Å². The summed E-state index contributed by atoms with van der Waals surface area (Å²) in [5.41, 5.74) is 4.76. The van der Waals surface area contributed by atoms with Gasteiger partial charge in [0.05, 0.1) is 0 Å². The number of amides is 1. The van der Waals surface area contributed by atoms with Gasteiger partial charge >= 0.3 is 6.09 Å². The van der Waals surface area contributed by atoms with Crippen molar-refractivity contribution in [1.82, 2.24) is 5.32 Å². The Labute approximate surface area is 77.5 Å². The van der Waals surface area contributed by atoms with Gasteiger partial charge in [-0.05, 0) is 26.8 Å². The molecule has 0 radical (unpaired) electrons. The third-order valence-electron chi connectivity index (χ3n) is 0.908. The van der Waals surface area contributed by atoms with Crippen LogP contribution in [0.2, 0.25) is 0 Å². The standard InChI is InChI=1S/C8H15N3O2/c1-8(2,3)13-7(12)11-6(10)4-5-9/h4-5,9H,10H2,1-3H3,(H,11,12)/b6-4-,9-5?. The maximum atomic E-state index is 11.0. The highest BCUT2D eigenvalue weighted by molar-refractivity contribution is 5.73. The smallest absolute Gasteiger partial charge is 0.413 e. The normalized spacial score (nSPS) is 12.1. The van der Waals surface area contributed by atoms with Gasteiger partial charge in [-0.3, -0.25) is 5.32 Å². The summed E-state index contributed by atoms with van der Waals surface area (Å²) in [5.74, 6) is 0.0873. The second kappa shape index (κ2) is 4.49. The van der Waals surface area contributed by atoms with Crippen LogP contribution in [0.3, 0.4) is 0 Å². The van der Waals surface area contributed by atoms with Crippen molar-refractivity contribution in [2.45, 2.75) is 26.4 Å². The lowest BCUT2D eigenvalue weighted by Crippen LogP contribution is -2.34. The van der Waals surface area contributed by atoms with Crippen LogP contribution >= 0.6 is 0 Å². The quantitative estimate of drug-likeness (QED) is 0.560. The van der Waals surface area contributed by atoms with Gasteiger partial charge < -0.3 is 15.9 Å². The van der Waals surface area contributed by atoms with E-state index in [1.54, 1.807) is 20.8 Å². The molecular weight excluding hydrogens is 170 g/mol. The Bertz CT molecular complexity index is 228. The average molecular weight is 185 g/mol. The van der Waals surface area contributed by atoms with Crippen molar-refractivity contribution in [2.75, 3.05) is 0 Å². The monoisotopic (exact) mass is 185 g/mol. The van der Waals surface area contributed by atoms with E-state index in [1.165, 1.54) is 6.08 Å². The summed E-state index contributed by atoms with van der Waals surface area (Å²) in [7, 11) is 0. The van der Waals surface area contributed by atoms with Gasteiger partial charge in [-0.15, -0.1) is 0 Å². The van der Waals surface area contributed by atoms with E-state index in [0.29, 0.717) is 0 Å². The minimum atomic E-state index is -0.622. The lowest BCUT2D eigenvalue weighted by Gasteiger charge is -2.19. The molecule has 5 nitrogen and oxygen atoms in total. The van der Waals surface area contributed by atoms with Gasteiger partial charge in [0.2, 0.25) is 0 Å². The van der Waals surface area contributed by atoms with E-state index in [2.05, 4.69) is 5.32 Å². The molecule has 13 heavy (non-hydrogen) atoms. The van der Waals surface area contributed by atoms with Crippen LogP contribution in [0, 0.1) is 5.41 Å². The zero-order valence-corrected chi connectivity index (χ0v) is 8.05. The molecule has 0 unspecified atom stereocenters. The molecule has 0 aromatic carbocycles. The number of carbonyl (C=O) groups excluding carboxylic acids is 1. The van der Waals surface area contributed by atoms with Crippen molar-refractivity contribution in [2.24, 2.45) is 5.73 Å². The van der Waals surface area contributed by atoms with Gasteiger partial charge in [0.15, 0.2) is 0 Å². The molecule has 0 fully saturated rings. The maximum absolute atomic E-state index is 11.0. The molecule has 5 heteroatoms. The Hall–Kier alpha value is -1.52. The number of ether oxygens (including phenoxy) is 1. The number of allylic oxidation sites excluding steroid dienone is 1. The summed E-state index contributed by atoms with van der Waals surface area (Å²) >= 11 is 0. The zero-order chi connectivity index (χ0) is 10.5. The summed E-state index contributed by atoms with van der Waals surface area (Å²) in [4.78, 5) is 11.0. The summed E-state index contributed by atoms with van der Waals surface area (Å²) < 4.78 is 4.91. The van der Waals surface area contributed by atoms with E-state index in [-0.39, 0.29) is 5.82 Å². The van der Waals surface area contributed by atoms with Crippen molar-refractivity contribution in [3.63, 3.8) is 0 Å². The van der Waals surface area contributed by atoms with Crippen LogP contribution in [0.15, 0.2) is 11.9 Å². The number of rotatable bonds is 2. The lowest BCUT2D eigenvalue weighted by molar-refractivity contribution is 0.0545. The number of alkyl carbamates (subject to hydrolysis) is 1. The maximum Gasteiger partial charge on any atom is 0.413 e. The van der Waals surface area contributed by atoms with Crippen molar-refractivity contribution >= 4 is 12.3 Å². The predicted molar refractivity (Wildman–Crippen MR) is 50.4 cm³/mol. The molecule has 4 N–H and O–H groups in total. The first-order valence-corrected chi connectivity index (χ1v) is 3.81. The minimum absolute atomic E-state index is 0.0873. The van der Waals surface area contributed by atoms with Crippen molar-refractivity contribution in [3.05, 3.63) is 11.9 Å². The Morgan fingerprint density at radius 1 is 1.54 bits per heavy atom. The molecule has 0 aromatic rings. The van der Waals surface area contributed by atoms with Crippen LogP contribution in [0.25, 0.3) is 0 Å². The Balaban J connectivity index is 4.03. The van der Waals surface area contributed by atoms with Crippen molar-refractivity contribution < 1.29 is 9.53 Å². The van der Waals surface area contributed by atoms with Crippen LogP contribution in [-0.2, 0) is 4.74 Å². The van der Waals surface area contributed by atoms with E-state index >= 15 is 0 Å². The van der Waals surface area contributed by atoms with Gasteiger partial charge in [0, 0.05) is 6.21 Å². The molecule has 1 amide bonds. The van der Waals surface area contributed by atoms with E-state index in [0.717, 1.165) is 6.21 Å². The number of nitrogens with two attached hydrogens (primary N) is 1. The van der Waals surface area contributed by atoms with Crippen LogP contribution in [0.4, 0.5) is 4.79 Å². The van der Waals surface area contributed by atoms with Crippen LogP contribution in [0.1, 0.15) is 20.8 Å². The molecule has 0 saturated heterocycles. The van der Waals surface area contributed by atoms with Gasteiger partial charge in [-0.2, -0.15) is 0 Å². The fraction of sp³-hybridized carbons (Fsp3) is 0.500. The van der Waals surface area contributed by atoms with Gasteiger partial charge in [0.1, 0.15) is 11.4 Å². The van der Waals surface area contributed by atoms with Crippen LogP contribution in [0.5, 0.6) is 0 Å². The molecule has 74 valence electrons. The second-order valence-corrected chi connectivity index (χ2v) is 3.42. The first kappa shape index (κ1) is 11.5. The Morgan fingerprint density at radius 3 is 2.46 bits per heavy atom. The number of hydrogen-bond donors (Lipinski definition) is 3. The predicted octanol–water partition coefficient (Wildman–Crippen LogP) is 0.961. The molecule has 0 aliphatic rings. The molecule has 0 saturated carbocycles. The SMILES string of the molecule is CC(C)(C)OC(=O)N/C(N)=C\C=N. The first-order valence-electron chi connectivity index (χ1n) is 3.81. The third kappa shape index (κ3) is 6.86. The highest BCUT2D eigenvalue weighted by atomic mass is 16.6. The molecule has 0 atom stereocenters. The highest BCUT2D eigenvalue weighted by Crippen LogP contribution is 2.06. The number of nitrogens with one attached hydrogen (secondary N) is 2. The van der Waals surface area contributed by atoms with E-state index in [9.17, 15) is 4.79 Å². The minimum Gasteiger partial charge on any atom is -0.444 e. The van der Waals surface area contributed by atoms with Gasteiger partial charge in [-0.25, -0.2) is 4.79 Å². The van der Waals surface area contributed by atoms with Gasteiger partial charge in [0.25, 0.3) is 0 Å². The molecule has 0 spiro atoms. The zero-order valence-electron chi connectivity index (χ0n) is 8.05.